The number of hydrogen-bond donors (Lipinski definition) is 2. The van der Waals surface area contributed by atoms with Gasteiger partial charge in [-0.25, -0.2) is 9.37 Å². The lowest BCUT2D eigenvalue weighted by atomic mass is 10.2. The Kier molecular flexibility index (Phi) is 3.74. The zero-order chi connectivity index (χ0) is 13.8. The third-order valence-corrected chi connectivity index (χ3v) is 2.74. The number of nitrogens with zero attached hydrogens (tertiary/aromatic N) is 2. The van der Waals surface area contributed by atoms with Crippen LogP contribution in [0.4, 0.5) is 15.8 Å². The molecule has 0 fully saturated rings. The lowest BCUT2D eigenvalue weighted by Crippen LogP contribution is -2.12. The van der Waals surface area contributed by atoms with Gasteiger partial charge in [-0.05, 0) is 18.6 Å². The number of aromatic amines is 1. The summed E-state index contributed by atoms with van der Waals surface area (Å²) in [7, 11) is 0. The number of anilines is 1. The Balaban J connectivity index is 2.29. The molecule has 1 heterocycles. The molecule has 0 bridgehead atoms. The van der Waals surface area contributed by atoms with Crippen LogP contribution in [0.5, 0.6) is 0 Å². The molecular formula is C12H13FN4O2. The van der Waals surface area contributed by atoms with Crippen LogP contribution in [0.15, 0.2) is 30.6 Å². The number of nitrogens with one attached hydrogen (secondary N) is 2. The zero-order valence-corrected chi connectivity index (χ0v) is 10.3. The van der Waals surface area contributed by atoms with E-state index in [0.717, 1.165) is 6.07 Å². The van der Waals surface area contributed by atoms with E-state index >= 15 is 0 Å². The highest BCUT2D eigenvalue weighted by Crippen LogP contribution is 2.29. The van der Waals surface area contributed by atoms with Crippen LogP contribution in [0.3, 0.4) is 0 Å². The molecule has 100 valence electrons. The van der Waals surface area contributed by atoms with E-state index in [1.54, 1.807) is 12.4 Å². The van der Waals surface area contributed by atoms with E-state index < -0.39 is 10.7 Å². The lowest BCUT2D eigenvalue weighted by Gasteiger charge is -2.16. The molecule has 0 aliphatic rings. The van der Waals surface area contributed by atoms with Crippen molar-refractivity contribution in [3.8, 4) is 0 Å². The van der Waals surface area contributed by atoms with Crippen LogP contribution in [0.25, 0.3) is 0 Å². The standard InChI is InChI=1S/C12H13FN4O2/c1-2-9(12-14-5-6-15-12)16-10-4-3-8(13)7-11(10)17(18)19/h3-7,9,16H,2H2,1H3,(H,14,15). The molecule has 0 saturated heterocycles. The number of H-pyrrole nitrogens is 1. The quantitative estimate of drug-likeness (QED) is 0.642. The van der Waals surface area contributed by atoms with E-state index in [2.05, 4.69) is 15.3 Å². The van der Waals surface area contributed by atoms with Gasteiger partial charge in [0.05, 0.1) is 17.0 Å². The second kappa shape index (κ2) is 5.47. The van der Waals surface area contributed by atoms with Gasteiger partial charge in [0.2, 0.25) is 0 Å². The van der Waals surface area contributed by atoms with Crippen LogP contribution in [-0.4, -0.2) is 14.9 Å². The molecule has 7 heteroatoms. The van der Waals surface area contributed by atoms with Crippen molar-refractivity contribution < 1.29 is 9.31 Å². The van der Waals surface area contributed by atoms with Crippen LogP contribution in [0.1, 0.15) is 25.2 Å². The number of nitro benzene ring substituents is 1. The summed E-state index contributed by atoms with van der Waals surface area (Å²) in [6.45, 7) is 1.93. The van der Waals surface area contributed by atoms with Crippen molar-refractivity contribution in [2.75, 3.05) is 5.32 Å². The fourth-order valence-electron chi connectivity index (χ4n) is 1.80. The third-order valence-electron chi connectivity index (χ3n) is 2.74. The highest BCUT2D eigenvalue weighted by atomic mass is 19.1. The minimum Gasteiger partial charge on any atom is -0.370 e. The number of nitro groups is 1. The molecule has 0 aliphatic heterocycles. The maximum atomic E-state index is 13.0. The maximum Gasteiger partial charge on any atom is 0.295 e. The van der Waals surface area contributed by atoms with Crippen LogP contribution in [-0.2, 0) is 0 Å². The number of hydrogen-bond acceptors (Lipinski definition) is 4. The van der Waals surface area contributed by atoms with Gasteiger partial charge in [0.15, 0.2) is 0 Å². The molecule has 0 saturated carbocycles. The average molecular weight is 264 g/mol. The zero-order valence-electron chi connectivity index (χ0n) is 10.3. The topological polar surface area (TPSA) is 83.8 Å². The third kappa shape index (κ3) is 2.87. The minimum absolute atomic E-state index is 0.195. The first kappa shape index (κ1) is 13.0. The minimum atomic E-state index is -0.636. The molecule has 0 amide bonds. The molecular weight excluding hydrogens is 251 g/mol. The molecule has 19 heavy (non-hydrogen) atoms. The van der Waals surface area contributed by atoms with Crippen molar-refractivity contribution in [1.82, 2.24) is 9.97 Å². The van der Waals surface area contributed by atoms with E-state index in [1.165, 1.54) is 12.1 Å². The van der Waals surface area contributed by atoms with Gasteiger partial charge in [0.25, 0.3) is 5.69 Å². The second-order valence-corrected chi connectivity index (χ2v) is 4.00. The van der Waals surface area contributed by atoms with Crippen LogP contribution < -0.4 is 5.32 Å². The highest BCUT2D eigenvalue weighted by molar-refractivity contribution is 5.62. The number of aromatic nitrogens is 2. The highest BCUT2D eigenvalue weighted by Gasteiger charge is 2.19. The Labute approximate surface area is 108 Å². The van der Waals surface area contributed by atoms with Crippen molar-refractivity contribution >= 4 is 11.4 Å². The number of imidazole rings is 1. The normalized spacial score (nSPS) is 12.1. The van der Waals surface area contributed by atoms with Gasteiger partial charge >= 0.3 is 0 Å². The van der Waals surface area contributed by atoms with Gasteiger partial charge < -0.3 is 10.3 Å². The predicted octanol–water partition coefficient (Wildman–Crippen LogP) is 3.02. The van der Waals surface area contributed by atoms with Crippen molar-refractivity contribution in [2.45, 2.75) is 19.4 Å². The van der Waals surface area contributed by atoms with Gasteiger partial charge in [-0.3, -0.25) is 10.1 Å². The number of benzene rings is 1. The fourth-order valence-corrected chi connectivity index (χ4v) is 1.80. The summed E-state index contributed by atoms with van der Waals surface area (Å²) < 4.78 is 13.0. The Hall–Kier alpha value is -2.44. The summed E-state index contributed by atoms with van der Waals surface area (Å²) in [4.78, 5) is 17.4. The van der Waals surface area contributed by atoms with Gasteiger partial charge in [-0.1, -0.05) is 6.92 Å². The van der Waals surface area contributed by atoms with E-state index in [4.69, 9.17) is 0 Å². The molecule has 2 N–H and O–H groups in total. The summed E-state index contributed by atoms with van der Waals surface area (Å²) in [5.74, 6) is 0.0458. The number of halogens is 1. The molecule has 0 radical (unpaired) electrons. The fraction of sp³-hybridized carbons (Fsp3) is 0.250. The van der Waals surface area contributed by atoms with Gasteiger partial charge in [0.1, 0.15) is 17.3 Å². The Morgan fingerprint density at radius 1 is 1.58 bits per heavy atom. The molecule has 2 aromatic rings. The van der Waals surface area contributed by atoms with Gasteiger partial charge in [0, 0.05) is 12.4 Å². The summed E-state index contributed by atoms with van der Waals surface area (Å²) in [5, 5.41) is 13.9. The second-order valence-electron chi connectivity index (χ2n) is 4.00. The monoisotopic (exact) mass is 264 g/mol. The summed E-state index contributed by atoms with van der Waals surface area (Å²) >= 11 is 0. The van der Waals surface area contributed by atoms with E-state index in [9.17, 15) is 14.5 Å². The molecule has 1 aromatic heterocycles. The van der Waals surface area contributed by atoms with E-state index in [1.807, 2.05) is 6.92 Å². The average Bonchev–Trinajstić information content (AvgIpc) is 2.90. The molecule has 1 atom stereocenters. The van der Waals surface area contributed by atoms with E-state index in [0.29, 0.717) is 12.2 Å². The largest absolute Gasteiger partial charge is 0.370 e. The van der Waals surface area contributed by atoms with Gasteiger partial charge in [-0.2, -0.15) is 0 Å². The summed E-state index contributed by atoms with van der Waals surface area (Å²) in [5.41, 5.74) is -0.0142. The van der Waals surface area contributed by atoms with Crippen LogP contribution in [0.2, 0.25) is 0 Å². The predicted molar refractivity (Wildman–Crippen MR) is 68.3 cm³/mol. The van der Waals surface area contributed by atoms with Crippen molar-refractivity contribution in [3.63, 3.8) is 0 Å². The first-order valence-corrected chi connectivity index (χ1v) is 5.81. The Bertz CT molecular complexity index is 571. The van der Waals surface area contributed by atoms with Crippen molar-refractivity contribution in [2.24, 2.45) is 0 Å². The van der Waals surface area contributed by atoms with Gasteiger partial charge in [-0.15, -0.1) is 0 Å². The van der Waals surface area contributed by atoms with Crippen molar-refractivity contribution in [1.29, 1.82) is 0 Å². The SMILES string of the molecule is CCC(Nc1ccc(F)cc1[N+](=O)[O-])c1ncc[nH]1. The maximum absolute atomic E-state index is 13.0. The molecule has 6 nitrogen and oxygen atoms in total. The van der Waals surface area contributed by atoms with Crippen LogP contribution in [0, 0.1) is 15.9 Å². The molecule has 2 rings (SSSR count). The van der Waals surface area contributed by atoms with Crippen LogP contribution >= 0.6 is 0 Å². The Morgan fingerprint density at radius 2 is 2.37 bits per heavy atom. The summed E-state index contributed by atoms with van der Waals surface area (Å²) in [6, 6.07) is 3.25. The molecule has 0 spiro atoms. The Morgan fingerprint density at radius 3 is 2.95 bits per heavy atom. The molecule has 1 unspecified atom stereocenters. The molecule has 0 aliphatic carbocycles. The lowest BCUT2D eigenvalue weighted by molar-refractivity contribution is -0.384. The molecule has 1 aromatic carbocycles. The first-order valence-electron chi connectivity index (χ1n) is 5.81. The first-order chi connectivity index (χ1) is 9.11. The van der Waals surface area contributed by atoms with Crippen molar-refractivity contribution in [3.05, 3.63) is 52.3 Å². The smallest absolute Gasteiger partial charge is 0.295 e. The van der Waals surface area contributed by atoms with E-state index in [-0.39, 0.29) is 17.4 Å². The number of rotatable bonds is 5. The summed E-state index contributed by atoms with van der Waals surface area (Å²) in [6.07, 6.45) is 3.97.